The summed E-state index contributed by atoms with van der Waals surface area (Å²) in [5.41, 5.74) is 0.437. The fraction of sp³-hybridized carbons (Fsp3) is 0.150. The standard InChI is InChI=1S/C20H17ClN4O6/c1-30-17-7-3-12(9-18(17)31-2)15-6-8-20(27)24(23-15)11-19(26)22-13-4-5-14(21)16(10-13)25(28)29/h3-10H,11H2,1-2H3,(H,22,26). The lowest BCUT2D eigenvalue weighted by molar-refractivity contribution is -0.384. The smallest absolute Gasteiger partial charge is 0.289 e. The van der Waals surface area contributed by atoms with Crippen LogP contribution >= 0.6 is 11.6 Å². The van der Waals surface area contributed by atoms with E-state index in [1.54, 1.807) is 18.2 Å². The Hall–Kier alpha value is -3.92. The maximum atomic E-state index is 12.4. The normalized spacial score (nSPS) is 10.4. The van der Waals surface area contributed by atoms with E-state index >= 15 is 0 Å². The molecule has 0 aliphatic rings. The predicted octanol–water partition coefficient (Wildman–Crippen LogP) is 3.13. The lowest BCUT2D eigenvalue weighted by Gasteiger charge is -2.11. The molecule has 0 spiro atoms. The monoisotopic (exact) mass is 444 g/mol. The van der Waals surface area contributed by atoms with Gasteiger partial charge in [-0.2, -0.15) is 5.10 Å². The van der Waals surface area contributed by atoms with Gasteiger partial charge in [0.1, 0.15) is 11.6 Å². The Kier molecular flexibility index (Phi) is 6.51. The Morgan fingerprint density at radius 3 is 2.55 bits per heavy atom. The summed E-state index contributed by atoms with van der Waals surface area (Å²) >= 11 is 5.77. The van der Waals surface area contributed by atoms with Gasteiger partial charge in [0, 0.05) is 23.4 Å². The molecule has 1 N–H and O–H groups in total. The van der Waals surface area contributed by atoms with E-state index in [4.69, 9.17) is 21.1 Å². The van der Waals surface area contributed by atoms with Crippen molar-refractivity contribution in [3.8, 4) is 22.8 Å². The third-order valence-corrected chi connectivity index (χ3v) is 4.59. The zero-order valence-electron chi connectivity index (χ0n) is 16.5. The minimum atomic E-state index is -0.656. The fourth-order valence-electron chi connectivity index (χ4n) is 2.78. The molecule has 0 radical (unpaired) electrons. The van der Waals surface area contributed by atoms with Crippen LogP contribution in [0, 0.1) is 10.1 Å². The molecule has 0 bridgehead atoms. The summed E-state index contributed by atoms with van der Waals surface area (Å²) in [4.78, 5) is 34.9. The van der Waals surface area contributed by atoms with Gasteiger partial charge in [0.15, 0.2) is 11.5 Å². The molecule has 0 atom stereocenters. The maximum absolute atomic E-state index is 12.4. The lowest BCUT2D eigenvalue weighted by atomic mass is 10.1. The number of ether oxygens (including phenoxy) is 2. The number of rotatable bonds is 7. The number of hydrogen-bond donors (Lipinski definition) is 1. The summed E-state index contributed by atoms with van der Waals surface area (Å²) in [6, 6.07) is 11.8. The third kappa shape index (κ3) is 4.98. The second kappa shape index (κ2) is 9.26. The number of benzene rings is 2. The van der Waals surface area contributed by atoms with E-state index in [9.17, 15) is 19.7 Å². The van der Waals surface area contributed by atoms with Crippen molar-refractivity contribution in [3.63, 3.8) is 0 Å². The highest BCUT2D eigenvalue weighted by Gasteiger charge is 2.15. The average molecular weight is 445 g/mol. The van der Waals surface area contributed by atoms with Crippen molar-refractivity contribution in [1.82, 2.24) is 9.78 Å². The van der Waals surface area contributed by atoms with Gasteiger partial charge in [0.05, 0.1) is 24.8 Å². The molecule has 3 rings (SSSR count). The van der Waals surface area contributed by atoms with E-state index in [0.29, 0.717) is 22.8 Å². The van der Waals surface area contributed by atoms with Gasteiger partial charge in [-0.1, -0.05) is 11.6 Å². The first-order valence-electron chi connectivity index (χ1n) is 8.86. The summed E-state index contributed by atoms with van der Waals surface area (Å²) in [6.07, 6.45) is 0. The first kappa shape index (κ1) is 21.8. The van der Waals surface area contributed by atoms with Gasteiger partial charge in [0.25, 0.3) is 11.2 Å². The lowest BCUT2D eigenvalue weighted by Crippen LogP contribution is -2.29. The van der Waals surface area contributed by atoms with E-state index in [0.717, 1.165) is 10.7 Å². The second-order valence-corrected chi connectivity index (χ2v) is 6.66. The highest BCUT2D eigenvalue weighted by molar-refractivity contribution is 6.32. The van der Waals surface area contributed by atoms with Crippen molar-refractivity contribution in [2.24, 2.45) is 0 Å². The van der Waals surface area contributed by atoms with Gasteiger partial charge in [-0.3, -0.25) is 19.7 Å². The second-order valence-electron chi connectivity index (χ2n) is 6.26. The molecule has 1 amide bonds. The molecule has 0 fully saturated rings. The van der Waals surface area contributed by atoms with Crippen LogP contribution in [0.4, 0.5) is 11.4 Å². The van der Waals surface area contributed by atoms with E-state index in [1.807, 2.05) is 0 Å². The van der Waals surface area contributed by atoms with E-state index in [2.05, 4.69) is 10.4 Å². The number of carbonyl (C=O) groups is 1. The van der Waals surface area contributed by atoms with E-state index in [1.165, 1.54) is 38.5 Å². The van der Waals surface area contributed by atoms with Crippen LogP contribution in [0.25, 0.3) is 11.3 Å². The molecular formula is C20H17ClN4O6. The number of nitrogens with one attached hydrogen (secondary N) is 1. The van der Waals surface area contributed by atoms with Crippen molar-refractivity contribution in [1.29, 1.82) is 0 Å². The van der Waals surface area contributed by atoms with Crippen molar-refractivity contribution < 1.29 is 19.2 Å². The van der Waals surface area contributed by atoms with Gasteiger partial charge in [-0.15, -0.1) is 0 Å². The summed E-state index contributed by atoms with van der Waals surface area (Å²) in [7, 11) is 3.02. The molecular weight excluding hydrogens is 428 g/mol. The molecule has 0 unspecified atom stereocenters. The number of methoxy groups -OCH3 is 2. The SMILES string of the molecule is COc1ccc(-c2ccc(=O)n(CC(=O)Nc3ccc(Cl)c([N+](=O)[O-])c3)n2)cc1OC. The number of nitrogens with zero attached hydrogens (tertiary/aromatic N) is 3. The van der Waals surface area contributed by atoms with Crippen LogP contribution < -0.4 is 20.3 Å². The Balaban J connectivity index is 1.83. The largest absolute Gasteiger partial charge is 0.493 e. The predicted molar refractivity (Wildman–Crippen MR) is 114 cm³/mol. The van der Waals surface area contributed by atoms with Crippen molar-refractivity contribution >= 4 is 28.9 Å². The Morgan fingerprint density at radius 2 is 1.87 bits per heavy atom. The Morgan fingerprint density at radius 1 is 1.13 bits per heavy atom. The van der Waals surface area contributed by atoms with Gasteiger partial charge in [-0.05, 0) is 36.4 Å². The molecule has 2 aromatic carbocycles. The van der Waals surface area contributed by atoms with E-state index in [-0.39, 0.29) is 16.4 Å². The van der Waals surface area contributed by atoms with Gasteiger partial charge in [0.2, 0.25) is 5.91 Å². The van der Waals surface area contributed by atoms with Crippen molar-refractivity contribution in [3.05, 3.63) is 74.0 Å². The van der Waals surface area contributed by atoms with E-state index < -0.39 is 22.9 Å². The Labute approximate surface area is 181 Å². The molecule has 0 aliphatic heterocycles. The van der Waals surface area contributed by atoms with Gasteiger partial charge < -0.3 is 14.8 Å². The average Bonchev–Trinajstić information content (AvgIpc) is 2.75. The van der Waals surface area contributed by atoms with Crippen LogP contribution in [0.15, 0.2) is 53.3 Å². The number of carbonyl (C=O) groups excluding carboxylic acids is 1. The van der Waals surface area contributed by atoms with Crippen LogP contribution in [0.3, 0.4) is 0 Å². The number of nitro benzene ring substituents is 1. The number of halogens is 1. The van der Waals surface area contributed by atoms with Crippen molar-refractivity contribution in [2.75, 3.05) is 19.5 Å². The van der Waals surface area contributed by atoms with Gasteiger partial charge >= 0.3 is 0 Å². The molecule has 0 saturated carbocycles. The molecule has 160 valence electrons. The summed E-state index contributed by atoms with van der Waals surface area (Å²) in [5, 5.41) is 17.7. The summed E-state index contributed by atoms with van der Waals surface area (Å²) in [5.74, 6) is 0.438. The molecule has 1 aromatic heterocycles. The number of amides is 1. The van der Waals surface area contributed by atoms with Crippen LogP contribution in [0.2, 0.25) is 5.02 Å². The molecule has 10 nitrogen and oxygen atoms in total. The first-order valence-corrected chi connectivity index (χ1v) is 9.24. The van der Waals surface area contributed by atoms with Crippen LogP contribution in [-0.4, -0.2) is 34.8 Å². The Bertz CT molecular complexity index is 1210. The zero-order chi connectivity index (χ0) is 22.5. The number of aromatic nitrogens is 2. The molecule has 1 heterocycles. The van der Waals surface area contributed by atoms with Crippen LogP contribution in [-0.2, 0) is 11.3 Å². The fourth-order valence-corrected chi connectivity index (χ4v) is 2.97. The summed E-state index contributed by atoms with van der Waals surface area (Å²) in [6.45, 7) is -0.392. The van der Waals surface area contributed by atoms with Crippen molar-refractivity contribution in [2.45, 2.75) is 6.54 Å². The first-order chi connectivity index (χ1) is 14.8. The topological polar surface area (TPSA) is 126 Å². The molecule has 11 heteroatoms. The quantitative estimate of drug-likeness (QED) is 0.438. The highest BCUT2D eigenvalue weighted by atomic mass is 35.5. The summed E-state index contributed by atoms with van der Waals surface area (Å²) < 4.78 is 11.5. The van der Waals surface area contributed by atoms with Gasteiger partial charge in [-0.25, -0.2) is 4.68 Å². The van der Waals surface area contributed by atoms with Crippen LogP contribution in [0.5, 0.6) is 11.5 Å². The minimum Gasteiger partial charge on any atom is -0.493 e. The number of anilines is 1. The number of nitro groups is 1. The highest BCUT2D eigenvalue weighted by Crippen LogP contribution is 2.31. The minimum absolute atomic E-state index is 0.0523. The maximum Gasteiger partial charge on any atom is 0.289 e. The molecule has 3 aromatic rings. The number of hydrogen-bond acceptors (Lipinski definition) is 7. The molecule has 0 saturated heterocycles. The molecule has 31 heavy (non-hydrogen) atoms. The molecule has 0 aliphatic carbocycles. The van der Waals surface area contributed by atoms with Crippen LogP contribution in [0.1, 0.15) is 0 Å². The zero-order valence-corrected chi connectivity index (χ0v) is 17.3. The third-order valence-electron chi connectivity index (χ3n) is 4.27.